The Morgan fingerprint density at radius 1 is 1.21 bits per heavy atom. The molecule has 0 unspecified atom stereocenters. The van der Waals surface area contributed by atoms with E-state index >= 15 is 0 Å². The minimum absolute atomic E-state index is 0.212. The Morgan fingerprint density at radius 2 is 1.89 bits per heavy atom. The molecule has 3 N–H and O–H groups in total. The molecule has 0 bridgehead atoms. The van der Waals surface area contributed by atoms with Crippen LogP contribution >= 0.6 is 0 Å². The van der Waals surface area contributed by atoms with Gasteiger partial charge in [-0.2, -0.15) is 0 Å². The number of ether oxygens (including phenoxy) is 1. The van der Waals surface area contributed by atoms with Gasteiger partial charge in [-0.1, -0.05) is 12.8 Å². The Labute approximate surface area is 165 Å². The molecule has 156 valence electrons. The van der Waals surface area contributed by atoms with Crippen molar-refractivity contribution in [3.05, 3.63) is 24.2 Å². The molecule has 1 aliphatic carbocycles. The van der Waals surface area contributed by atoms with Crippen LogP contribution in [-0.2, 0) is 9.53 Å². The summed E-state index contributed by atoms with van der Waals surface area (Å²) in [4.78, 5) is 36.6. The second-order valence-corrected chi connectivity index (χ2v) is 8.25. The summed E-state index contributed by atoms with van der Waals surface area (Å²) in [7, 11) is 0. The third kappa shape index (κ3) is 6.90. The van der Waals surface area contributed by atoms with Crippen molar-refractivity contribution in [2.75, 3.05) is 6.54 Å². The summed E-state index contributed by atoms with van der Waals surface area (Å²) in [6.07, 6.45) is 6.43. The average Bonchev–Trinajstić information content (AvgIpc) is 3.29. The van der Waals surface area contributed by atoms with Gasteiger partial charge in [0.1, 0.15) is 17.9 Å². The number of nitrogens with one attached hydrogen (secondary N) is 3. The molecule has 1 aromatic heterocycles. The Bertz CT molecular complexity index is 660. The lowest BCUT2D eigenvalue weighted by Gasteiger charge is -2.27. The summed E-state index contributed by atoms with van der Waals surface area (Å²) < 4.78 is 10.2. The Balaban J connectivity index is 1.90. The van der Waals surface area contributed by atoms with E-state index in [2.05, 4.69) is 16.0 Å². The van der Waals surface area contributed by atoms with Crippen molar-refractivity contribution in [1.82, 2.24) is 16.0 Å². The van der Waals surface area contributed by atoms with Gasteiger partial charge in [-0.05, 0) is 52.5 Å². The smallest absolute Gasteiger partial charge is 0.407 e. The summed E-state index contributed by atoms with van der Waals surface area (Å²) >= 11 is 0. The molecule has 3 amide bonds. The first kappa shape index (κ1) is 21.8. The van der Waals surface area contributed by atoms with Crippen LogP contribution in [0.25, 0.3) is 0 Å². The molecule has 28 heavy (non-hydrogen) atoms. The van der Waals surface area contributed by atoms with Gasteiger partial charge in [-0.15, -0.1) is 0 Å². The summed E-state index contributed by atoms with van der Waals surface area (Å²) in [5, 5.41) is 8.38. The zero-order valence-corrected chi connectivity index (χ0v) is 17.0. The predicted molar refractivity (Wildman–Crippen MR) is 104 cm³/mol. The maximum absolute atomic E-state index is 12.6. The molecule has 0 radical (unpaired) electrons. The zero-order chi connectivity index (χ0) is 20.7. The largest absolute Gasteiger partial charge is 0.472 e. The van der Waals surface area contributed by atoms with Crippen molar-refractivity contribution in [3.63, 3.8) is 0 Å². The molecule has 8 nitrogen and oxygen atoms in total. The molecular formula is C20H31N3O5. The van der Waals surface area contributed by atoms with Gasteiger partial charge in [-0.3, -0.25) is 9.59 Å². The van der Waals surface area contributed by atoms with Crippen LogP contribution < -0.4 is 16.0 Å². The lowest BCUT2D eigenvalue weighted by molar-refractivity contribution is -0.123. The van der Waals surface area contributed by atoms with Crippen LogP contribution in [0.3, 0.4) is 0 Å². The van der Waals surface area contributed by atoms with E-state index in [0.717, 1.165) is 25.7 Å². The fourth-order valence-corrected chi connectivity index (χ4v) is 3.25. The Kier molecular flexibility index (Phi) is 7.48. The van der Waals surface area contributed by atoms with Crippen molar-refractivity contribution in [1.29, 1.82) is 0 Å². The first-order valence-electron chi connectivity index (χ1n) is 9.76. The molecule has 0 spiro atoms. The van der Waals surface area contributed by atoms with Crippen LogP contribution in [0.4, 0.5) is 4.79 Å². The van der Waals surface area contributed by atoms with E-state index < -0.39 is 17.7 Å². The van der Waals surface area contributed by atoms with E-state index in [4.69, 9.17) is 9.15 Å². The molecule has 1 saturated carbocycles. The molecule has 0 aliphatic heterocycles. The minimum Gasteiger partial charge on any atom is -0.472 e. The third-order valence-electron chi connectivity index (χ3n) is 4.69. The molecule has 1 aromatic rings. The highest BCUT2D eigenvalue weighted by Gasteiger charge is 2.29. The van der Waals surface area contributed by atoms with Crippen LogP contribution in [0.1, 0.15) is 63.7 Å². The Morgan fingerprint density at radius 3 is 2.46 bits per heavy atom. The monoisotopic (exact) mass is 393 g/mol. The van der Waals surface area contributed by atoms with Gasteiger partial charge < -0.3 is 25.1 Å². The molecule has 0 saturated heterocycles. The van der Waals surface area contributed by atoms with Gasteiger partial charge in [0, 0.05) is 12.6 Å². The lowest BCUT2D eigenvalue weighted by atomic mass is 9.97. The second kappa shape index (κ2) is 9.61. The topological polar surface area (TPSA) is 110 Å². The molecule has 2 rings (SSSR count). The highest BCUT2D eigenvalue weighted by atomic mass is 16.6. The number of alkyl carbamates (subject to hydrolysis) is 1. The van der Waals surface area contributed by atoms with Crippen molar-refractivity contribution >= 4 is 17.9 Å². The first-order valence-corrected chi connectivity index (χ1v) is 9.76. The predicted octanol–water partition coefficient (Wildman–Crippen LogP) is 2.60. The number of hydrogen-bond acceptors (Lipinski definition) is 5. The van der Waals surface area contributed by atoms with Gasteiger partial charge in [0.15, 0.2) is 0 Å². The van der Waals surface area contributed by atoms with E-state index in [1.165, 1.54) is 18.6 Å². The number of carbonyl (C=O) groups is 3. The molecule has 0 aromatic carbocycles. The van der Waals surface area contributed by atoms with Gasteiger partial charge in [0.25, 0.3) is 5.91 Å². The maximum Gasteiger partial charge on any atom is 0.407 e. The van der Waals surface area contributed by atoms with Gasteiger partial charge in [-0.25, -0.2) is 4.79 Å². The molecule has 1 fully saturated rings. The summed E-state index contributed by atoms with van der Waals surface area (Å²) in [5.74, 6) is -0.379. The number of hydrogen-bond donors (Lipinski definition) is 3. The maximum atomic E-state index is 12.6. The van der Waals surface area contributed by atoms with Crippen LogP contribution in [0.15, 0.2) is 23.0 Å². The summed E-state index contributed by atoms with van der Waals surface area (Å²) in [6, 6.07) is 0.607. The zero-order valence-electron chi connectivity index (χ0n) is 17.0. The average molecular weight is 393 g/mol. The Hall–Kier alpha value is -2.51. The standard InChI is InChI=1S/C20H31N3O5/c1-13(22-18(25)15-9-10-27-12-15)17(24)23-16(14-7-5-6-8-14)11-21-19(26)28-20(2,3)4/h9-10,12-14,16H,5-8,11H2,1-4H3,(H,21,26)(H,22,25)(H,23,24)/t13-,16-/m0/s1. The number of rotatable bonds is 7. The van der Waals surface area contributed by atoms with Crippen molar-refractivity contribution in [3.8, 4) is 0 Å². The fourth-order valence-electron chi connectivity index (χ4n) is 3.25. The van der Waals surface area contributed by atoms with Crippen molar-refractivity contribution < 1.29 is 23.5 Å². The number of amides is 3. The minimum atomic E-state index is -0.715. The highest BCUT2D eigenvalue weighted by Crippen LogP contribution is 2.27. The van der Waals surface area contributed by atoms with Crippen LogP contribution in [-0.4, -0.2) is 42.1 Å². The van der Waals surface area contributed by atoms with Gasteiger partial charge in [0.2, 0.25) is 5.91 Å². The van der Waals surface area contributed by atoms with Gasteiger partial charge in [0.05, 0.1) is 11.8 Å². The van der Waals surface area contributed by atoms with Crippen LogP contribution in [0, 0.1) is 5.92 Å². The molecule has 2 atom stereocenters. The van der Waals surface area contributed by atoms with E-state index in [-0.39, 0.29) is 30.3 Å². The number of carbonyl (C=O) groups excluding carboxylic acids is 3. The summed E-state index contributed by atoms with van der Waals surface area (Å²) in [5.41, 5.74) is -0.221. The van der Waals surface area contributed by atoms with Crippen molar-refractivity contribution in [2.24, 2.45) is 5.92 Å². The highest BCUT2D eigenvalue weighted by molar-refractivity contribution is 5.97. The lowest BCUT2D eigenvalue weighted by Crippen LogP contribution is -2.53. The van der Waals surface area contributed by atoms with Crippen LogP contribution in [0.5, 0.6) is 0 Å². The molecular weight excluding hydrogens is 362 g/mol. The molecule has 1 heterocycles. The quantitative estimate of drug-likeness (QED) is 0.660. The third-order valence-corrected chi connectivity index (χ3v) is 4.69. The van der Waals surface area contributed by atoms with E-state index in [1.807, 2.05) is 0 Å². The summed E-state index contributed by atoms with van der Waals surface area (Å²) in [6.45, 7) is 7.31. The van der Waals surface area contributed by atoms with Crippen molar-refractivity contribution in [2.45, 2.75) is 71.1 Å². The molecule has 8 heteroatoms. The SMILES string of the molecule is C[C@H](NC(=O)c1ccoc1)C(=O)N[C@@H](CNC(=O)OC(C)(C)C)C1CCCC1. The second-order valence-electron chi connectivity index (χ2n) is 8.25. The first-order chi connectivity index (χ1) is 13.2. The fraction of sp³-hybridized carbons (Fsp3) is 0.650. The van der Waals surface area contributed by atoms with E-state index in [1.54, 1.807) is 27.7 Å². The van der Waals surface area contributed by atoms with E-state index in [9.17, 15) is 14.4 Å². The van der Waals surface area contributed by atoms with Crippen LogP contribution in [0.2, 0.25) is 0 Å². The van der Waals surface area contributed by atoms with Gasteiger partial charge >= 0.3 is 6.09 Å². The molecule has 1 aliphatic rings. The normalized spacial score (nSPS) is 16.9. The van der Waals surface area contributed by atoms with E-state index in [0.29, 0.717) is 5.56 Å². The number of furan rings is 1.